The zero-order chi connectivity index (χ0) is 10.7. The third-order valence-electron chi connectivity index (χ3n) is 2.88. The van der Waals surface area contributed by atoms with E-state index in [-0.39, 0.29) is 17.9 Å². The van der Waals surface area contributed by atoms with Crippen LogP contribution in [0.5, 0.6) is 0 Å². The van der Waals surface area contributed by atoms with Crippen molar-refractivity contribution in [3.8, 4) is 0 Å². The molecule has 3 nitrogen and oxygen atoms in total. The van der Waals surface area contributed by atoms with E-state index in [9.17, 15) is 4.79 Å². The Morgan fingerprint density at radius 3 is 2.80 bits per heavy atom. The topological polar surface area (TPSA) is 38.3 Å². The molecule has 0 bridgehead atoms. The zero-order valence-corrected chi connectivity index (χ0v) is 8.77. The van der Waals surface area contributed by atoms with Crippen molar-refractivity contribution in [3.63, 3.8) is 0 Å². The first-order chi connectivity index (χ1) is 7.33. The lowest BCUT2D eigenvalue weighted by atomic mass is 9.94. The Kier molecular flexibility index (Phi) is 3.02. The van der Waals surface area contributed by atoms with Crippen LogP contribution in [0.1, 0.15) is 18.0 Å². The summed E-state index contributed by atoms with van der Waals surface area (Å²) in [6.45, 7) is 0.874. The van der Waals surface area contributed by atoms with Gasteiger partial charge in [-0.15, -0.1) is 0 Å². The highest BCUT2D eigenvalue weighted by molar-refractivity contribution is 5.74. The molecule has 0 unspecified atom stereocenters. The largest absolute Gasteiger partial charge is 0.469 e. The Hall–Kier alpha value is -1.35. The molecule has 1 aliphatic heterocycles. The lowest BCUT2D eigenvalue weighted by Gasteiger charge is -2.17. The summed E-state index contributed by atoms with van der Waals surface area (Å²) in [5, 5.41) is 3.34. The van der Waals surface area contributed by atoms with E-state index in [0.29, 0.717) is 0 Å². The third-order valence-corrected chi connectivity index (χ3v) is 2.88. The van der Waals surface area contributed by atoms with E-state index in [2.05, 4.69) is 5.32 Å². The standard InChI is InChI=1S/C12H15NO2/c1-15-12(14)10-7-8-13-11(10)9-5-3-2-4-6-9/h2-6,10-11,13H,7-8H2,1H3/t10-,11+/m1/s1. The van der Waals surface area contributed by atoms with Crippen molar-refractivity contribution in [1.82, 2.24) is 5.32 Å². The molecule has 1 saturated heterocycles. The SMILES string of the molecule is COC(=O)[C@@H]1CCN[C@H]1c1ccccc1. The van der Waals surface area contributed by atoms with Gasteiger partial charge in [0.05, 0.1) is 13.0 Å². The minimum atomic E-state index is -0.117. The van der Waals surface area contributed by atoms with Crippen molar-refractivity contribution in [2.75, 3.05) is 13.7 Å². The van der Waals surface area contributed by atoms with Gasteiger partial charge in [-0.2, -0.15) is 0 Å². The second-order valence-corrected chi connectivity index (χ2v) is 3.76. The quantitative estimate of drug-likeness (QED) is 0.744. The van der Waals surface area contributed by atoms with E-state index in [0.717, 1.165) is 18.5 Å². The molecular formula is C12H15NO2. The van der Waals surface area contributed by atoms with E-state index in [1.165, 1.54) is 7.11 Å². The summed E-state index contributed by atoms with van der Waals surface area (Å²) in [5.41, 5.74) is 1.16. The second-order valence-electron chi connectivity index (χ2n) is 3.76. The lowest BCUT2D eigenvalue weighted by Crippen LogP contribution is -2.24. The van der Waals surface area contributed by atoms with Crippen molar-refractivity contribution in [2.24, 2.45) is 5.92 Å². The maximum absolute atomic E-state index is 11.5. The van der Waals surface area contributed by atoms with Gasteiger partial charge in [0, 0.05) is 6.04 Å². The predicted molar refractivity (Wildman–Crippen MR) is 57.3 cm³/mol. The normalized spacial score (nSPS) is 25.1. The first kappa shape index (κ1) is 10.2. The number of nitrogens with one attached hydrogen (secondary N) is 1. The molecule has 2 rings (SSSR count). The summed E-state index contributed by atoms with van der Waals surface area (Å²) in [4.78, 5) is 11.5. The van der Waals surface area contributed by atoms with Gasteiger partial charge in [0.1, 0.15) is 0 Å². The maximum Gasteiger partial charge on any atom is 0.310 e. The molecular weight excluding hydrogens is 190 g/mol. The van der Waals surface area contributed by atoms with Crippen LogP contribution in [0.2, 0.25) is 0 Å². The van der Waals surface area contributed by atoms with Crippen LogP contribution in [0.25, 0.3) is 0 Å². The summed E-state index contributed by atoms with van der Waals surface area (Å²) in [6.07, 6.45) is 0.853. The number of esters is 1. The molecule has 1 heterocycles. The number of hydrogen-bond acceptors (Lipinski definition) is 3. The van der Waals surface area contributed by atoms with Crippen molar-refractivity contribution in [3.05, 3.63) is 35.9 Å². The highest BCUT2D eigenvalue weighted by Gasteiger charge is 2.34. The minimum Gasteiger partial charge on any atom is -0.469 e. The average molecular weight is 205 g/mol. The fourth-order valence-electron chi connectivity index (χ4n) is 2.12. The number of ether oxygens (including phenoxy) is 1. The van der Waals surface area contributed by atoms with Gasteiger partial charge in [-0.25, -0.2) is 0 Å². The number of carbonyl (C=O) groups excluding carboxylic acids is 1. The summed E-state index contributed by atoms with van der Waals surface area (Å²) < 4.78 is 4.81. The number of benzene rings is 1. The Bertz CT molecular complexity index is 337. The van der Waals surface area contributed by atoms with Crippen LogP contribution in [-0.2, 0) is 9.53 Å². The summed E-state index contributed by atoms with van der Waals surface area (Å²) in [5.74, 6) is -0.161. The molecule has 1 aromatic carbocycles. The molecule has 0 aliphatic carbocycles. The lowest BCUT2D eigenvalue weighted by molar-refractivity contribution is -0.145. The Balaban J connectivity index is 2.18. The molecule has 0 amide bonds. The number of carbonyl (C=O) groups is 1. The first-order valence-corrected chi connectivity index (χ1v) is 5.19. The molecule has 3 heteroatoms. The fourth-order valence-corrected chi connectivity index (χ4v) is 2.12. The first-order valence-electron chi connectivity index (χ1n) is 5.19. The van der Waals surface area contributed by atoms with Gasteiger partial charge in [0.2, 0.25) is 0 Å². The van der Waals surface area contributed by atoms with Gasteiger partial charge in [-0.3, -0.25) is 4.79 Å². The summed E-state index contributed by atoms with van der Waals surface area (Å²) >= 11 is 0. The molecule has 1 aliphatic rings. The van der Waals surface area contributed by atoms with Crippen LogP contribution < -0.4 is 5.32 Å². The highest BCUT2D eigenvalue weighted by atomic mass is 16.5. The smallest absolute Gasteiger partial charge is 0.310 e. The molecule has 0 radical (unpaired) electrons. The van der Waals surface area contributed by atoms with E-state index >= 15 is 0 Å². The van der Waals surface area contributed by atoms with Gasteiger partial charge < -0.3 is 10.1 Å². The van der Waals surface area contributed by atoms with Crippen LogP contribution >= 0.6 is 0 Å². The van der Waals surface area contributed by atoms with Gasteiger partial charge >= 0.3 is 5.97 Å². The molecule has 0 aromatic heterocycles. The van der Waals surface area contributed by atoms with Crippen molar-refractivity contribution in [1.29, 1.82) is 0 Å². The predicted octanol–water partition coefficient (Wildman–Crippen LogP) is 1.51. The Morgan fingerprint density at radius 2 is 2.13 bits per heavy atom. The van der Waals surface area contributed by atoms with Crippen LogP contribution in [0.15, 0.2) is 30.3 Å². The fraction of sp³-hybridized carbons (Fsp3) is 0.417. The van der Waals surface area contributed by atoms with Crippen LogP contribution in [-0.4, -0.2) is 19.6 Å². The average Bonchev–Trinajstić information content (AvgIpc) is 2.78. The van der Waals surface area contributed by atoms with Crippen molar-refractivity contribution < 1.29 is 9.53 Å². The molecule has 15 heavy (non-hydrogen) atoms. The molecule has 2 atom stereocenters. The van der Waals surface area contributed by atoms with Gasteiger partial charge in [0.25, 0.3) is 0 Å². The van der Waals surface area contributed by atoms with Gasteiger partial charge in [0.15, 0.2) is 0 Å². The van der Waals surface area contributed by atoms with E-state index < -0.39 is 0 Å². The Labute approximate surface area is 89.4 Å². The molecule has 1 N–H and O–H groups in total. The Morgan fingerprint density at radius 1 is 1.40 bits per heavy atom. The second kappa shape index (κ2) is 4.45. The molecule has 1 aromatic rings. The minimum absolute atomic E-state index is 0.0441. The number of rotatable bonds is 2. The van der Waals surface area contributed by atoms with E-state index in [1.54, 1.807) is 0 Å². The molecule has 0 spiro atoms. The molecule has 1 fully saturated rings. The highest BCUT2D eigenvalue weighted by Crippen LogP contribution is 2.30. The number of methoxy groups -OCH3 is 1. The van der Waals surface area contributed by atoms with E-state index in [1.807, 2.05) is 30.3 Å². The third kappa shape index (κ3) is 2.02. The van der Waals surface area contributed by atoms with Crippen LogP contribution in [0, 0.1) is 5.92 Å². The number of hydrogen-bond donors (Lipinski definition) is 1. The van der Waals surface area contributed by atoms with Gasteiger partial charge in [-0.1, -0.05) is 30.3 Å². The van der Waals surface area contributed by atoms with Gasteiger partial charge in [-0.05, 0) is 18.5 Å². The summed E-state index contributed by atoms with van der Waals surface area (Å²) in [7, 11) is 1.45. The van der Waals surface area contributed by atoms with Crippen LogP contribution in [0.4, 0.5) is 0 Å². The van der Waals surface area contributed by atoms with Crippen molar-refractivity contribution >= 4 is 5.97 Å². The van der Waals surface area contributed by atoms with Crippen LogP contribution in [0.3, 0.4) is 0 Å². The molecule has 80 valence electrons. The monoisotopic (exact) mass is 205 g/mol. The zero-order valence-electron chi connectivity index (χ0n) is 8.77. The molecule has 0 saturated carbocycles. The summed E-state index contributed by atoms with van der Waals surface area (Å²) in [6, 6.07) is 10.1. The van der Waals surface area contributed by atoms with E-state index in [4.69, 9.17) is 4.74 Å². The van der Waals surface area contributed by atoms with Crippen molar-refractivity contribution in [2.45, 2.75) is 12.5 Å². The maximum atomic E-state index is 11.5.